The average Bonchev–Trinajstić information content (AvgIpc) is 3.65. The van der Waals surface area contributed by atoms with Crippen LogP contribution in [-0.4, -0.2) is 0 Å². The molecule has 0 saturated heterocycles. The first-order valence-electron chi connectivity index (χ1n) is 23.4. The number of hydrogen-bond donors (Lipinski definition) is 0. The Bertz CT molecular complexity index is 3100. The summed E-state index contributed by atoms with van der Waals surface area (Å²) in [5.41, 5.74) is 13.1. The molecule has 1 nitrogen and oxygen atoms in total. The summed E-state index contributed by atoms with van der Waals surface area (Å²) < 4.78 is 0. The van der Waals surface area contributed by atoms with Crippen molar-refractivity contribution in [3.63, 3.8) is 0 Å². The Morgan fingerprint density at radius 1 is 0.375 bits per heavy atom. The number of nitrogens with zero attached hydrogens (tertiary/aromatic N) is 1. The van der Waals surface area contributed by atoms with Crippen LogP contribution in [0.2, 0.25) is 0 Å². The Balaban J connectivity index is 1.01. The predicted molar refractivity (Wildman–Crippen MR) is 268 cm³/mol. The Morgan fingerprint density at radius 2 is 0.828 bits per heavy atom. The fourth-order valence-corrected chi connectivity index (χ4v) is 17.6. The zero-order valence-electron chi connectivity index (χ0n) is 36.1. The lowest BCUT2D eigenvalue weighted by atomic mass is 9.48. The lowest BCUT2D eigenvalue weighted by Gasteiger charge is -2.57. The van der Waals surface area contributed by atoms with Crippen molar-refractivity contribution in [1.82, 2.24) is 0 Å². The van der Waals surface area contributed by atoms with Crippen LogP contribution in [0.3, 0.4) is 0 Å². The fraction of sp³-hybridized carbons (Fsp3) is 0.161. The van der Waals surface area contributed by atoms with Gasteiger partial charge in [-0.05, 0) is 172 Å². The summed E-state index contributed by atoms with van der Waals surface area (Å²) >= 11 is 0. The summed E-state index contributed by atoms with van der Waals surface area (Å²) in [6.45, 7) is 0. The van der Waals surface area contributed by atoms with Gasteiger partial charge in [0.2, 0.25) is 0 Å². The van der Waals surface area contributed by atoms with Gasteiger partial charge in [0.15, 0.2) is 0 Å². The normalized spacial score (nSPS) is 21.6. The monoisotopic (exact) mass is 841 g/mol. The number of para-hydroxylation sites is 1. The van der Waals surface area contributed by atoms with Crippen molar-refractivity contribution in [3.05, 3.63) is 224 Å². The van der Waals surface area contributed by atoms with E-state index in [0.717, 1.165) is 23.4 Å². The minimum atomic E-state index is -1.92. The molecular formula is C62H51NS. The molecule has 0 aromatic heterocycles. The van der Waals surface area contributed by atoms with Crippen molar-refractivity contribution in [3.8, 4) is 33.4 Å². The quantitative estimate of drug-likeness (QED) is 0.147. The summed E-state index contributed by atoms with van der Waals surface area (Å²) in [7, 11) is -1.92. The van der Waals surface area contributed by atoms with Gasteiger partial charge in [0.1, 0.15) is 0 Å². The summed E-state index contributed by atoms with van der Waals surface area (Å²) in [5.74, 6) is 2.73. The molecule has 5 aliphatic rings. The molecule has 0 radical (unpaired) electrons. The van der Waals surface area contributed by atoms with Gasteiger partial charge in [-0.2, -0.15) is 0 Å². The third-order valence-corrected chi connectivity index (χ3v) is 19.5. The van der Waals surface area contributed by atoms with Gasteiger partial charge >= 0.3 is 0 Å². The highest BCUT2D eigenvalue weighted by Gasteiger charge is 2.51. The Kier molecular flexibility index (Phi) is 8.88. The zero-order valence-corrected chi connectivity index (χ0v) is 36.9. The van der Waals surface area contributed by atoms with E-state index < -0.39 is 10.0 Å². The molecule has 2 heteroatoms. The van der Waals surface area contributed by atoms with E-state index in [9.17, 15) is 0 Å². The number of rotatable bonds is 8. The van der Waals surface area contributed by atoms with Gasteiger partial charge in [-0.1, -0.05) is 158 Å². The summed E-state index contributed by atoms with van der Waals surface area (Å²) in [6.07, 6.45) is 8.49. The number of hydrogen-bond acceptors (Lipinski definition) is 1. The lowest BCUT2D eigenvalue weighted by Crippen LogP contribution is -2.48. The van der Waals surface area contributed by atoms with Crippen LogP contribution < -0.4 is 4.90 Å². The highest BCUT2D eigenvalue weighted by atomic mass is 32.3. The molecule has 0 unspecified atom stereocenters. The van der Waals surface area contributed by atoms with Crippen LogP contribution in [0.1, 0.15) is 44.1 Å². The van der Waals surface area contributed by atoms with E-state index in [4.69, 9.17) is 0 Å². The molecule has 0 amide bonds. The second-order valence-electron chi connectivity index (χ2n) is 19.1. The van der Waals surface area contributed by atoms with Crippen LogP contribution in [0.4, 0.5) is 17.1 Å². The molecule has 1 aliphatic heterocycles. The van der Waals surface area contributed by atoms with Crippen LogP contribution in [-0.2, 0) is 5.41 Å². The molecule has 0 N–H and O–H groups in total. The Labute approximate surface area is 379 Å². The van der Waals surface area contributed by atoms with Crippen LogP contribution in [0.25, 0.3) is 44.2 Å². The van der Waals surface area contributed by atoms with E-state index in [2.05, 4.69) is 223 Å². The van der Waals surface area contributed by atoms with Crippen molar-refractivity contribution < 1.29 is 0 Å². The van der Waals surface area contributed by atoms with E-state index >= 15 is 0 Å². The minimum absolute atomic E-state index is 0.341. The predicted octanol–water partition coefficient (Wildman–Crippen LogP) is 17.4. The summed E-state index contributed by atoms with van der Waals surface area (Å²) in [5, 5.41) is 2.54. The van der Waals surface area contributed by atoms with Crippen molar-refractivity contribution >= 4 is 37.9 Å². The van der Waals surface area contributed by atoms with Crippen molar-refractivity contribution in [1.29, 1.82) is 0 Å². The molecule has 0 atom stereocenters. The van der Waals surface area contributed by atoms with Crippen LogP contribution in [0.15, 0.2) is 238 Å². The summed E-state index contributed by atoms with van der Waals surface area (Å²) in [6, 6.07) is 82.7. The van der Waals surface area contributed by atoms with Crippen LogP contribution >= 0.6 is 10.0 Å². The number of benzene rings is 9. The second-order valence-corrected chi connectivity index (χ2v) is 22.1. The van der Waals surface area contributed by atoms with Gasteiger partial charge in [-0.3, -0.25) is 0 Å². The van der Waals surface area contributed by atoms with Gasteiger partial charge in [-0.25, -0.2) is 0 Å². The second kappa shape index (κ2) is 15.0. The molecule has 64 heavy (non-hydrogen) atoms. The zero-order chi connectivity index (χ0) is 42.2. The van der Waals surface area contributed by atoms with E-state index in [0.29, 0.717) is 5.41 Å². The molecule has 9 aromatic rings. The van der Waals surface area contributed by atoms with E-state index in [1.54, 1.807) is 5.56 Å². The molecule has 1 heterocycles. The molecule has 9 aromatic carbocycles. The molecule has 4 bridgehead atoms. The first kappa shape index (κ1) is 37.9. The van der Waals surface area contributed by atoms with Crippen molar-refractivity contribution in [2.75, 3.05) is 4.90 Å². The van der Waals surface area contributed by atoms with Gasteiger partial charge in [0.05, 0.1) is 5.69 Å². The van der Waals surface area contributed by atoms with Gasteiger partial charge in [-0.15, -0.1) is 10.0 Å². The third-order valence-electron chi connectivity index (χ3n) is 15.5. The third kappa shape index (κ3) is 5.85. The van der Waals surface area contributed by atoms with Gasteiger partial charge < -0.3 is 4.90 Å². The van der Waals surface area contributed by atoms with E-state index in [1.165, 1.54) is 114 Å². The first-order valence-corrected chi connectivity index (χ1v) is 25.0. The van der Waals surface area contributed by atoms with Gasteiger partial charge in [0.25, 0.3) is 0 Å². The fourth-order valence-electron chi connectivity index (χ4n) is 13.3. The number of fused-ring (bicyclic) bond motifs is 4. The van der Waals surface area contributed by atoms with E-state index in [-0.39, 0.29) is 0 Å². The Morgan fingerprint density at radius 3 is 1.41 bits per heavy atom. The largest absolute Gasteiger partial charge is 0.309 e. The minimum Gasteiger partial charge on any atom is -0.309 e. The Hall–Kier alpha value is -6.61. The average molecular weight is 842 g/mol. The molecule has 310 valence electrons. The first-order chi connectivity index (χ1) is 31.7. The maximum atomic E-state index is 2.57. The van der Waals surface area contributed by atoms with Crippen LogP contribution in [0, 0.1) is 17.8 Å². The van der Waals surface area contributed by atoms with Crippen molar-refractivity contribution in [2.45, 2.75) is 63.5 Å². The highest BCUT2D eigenvalue weighted by Crippen LogP contribution is 2.81. The maximum Gasteiger partial charge on any atom is 0.0592 e. The maximum absolute atomic E-state index is 2.57. The van der Waals surface area contributed by atoms with Gasteiger partial charge in [0, 0.05) is 31.0 Å². The smallest absolute Gasteiger partial charge is 0.0592 e. The SMILES string of the molecule is c1ccc(-c2cccc3cccc(-c4ccc(N(c5ccc(C67CC8CC(CC(C8)C6)C7)cc5)c5ccccc5S5(c6ccccc6)c6ccccc6-c6ccccc65)cc4)c23)cc1. The molecule has 0 spiro atoms. The van der Waals surface area contributed by atoms with Crippen molar-refractivity contribution in [2.24, 2.45) is 17.8 Å². The molecule has 4 fully saturated rings. The lowest BCUT2D eigenvalue weighted by molar-refractivity contribution is -0.00518. The molecule has 4 aliphatic carbocycles. The molecular weight excluding hydrogens is 791 g/mol. The highest BCUT2D eigenvalue weighted by molar-refractivity contribution is 8.34. The standard InChI is InChI=1S/C62H51NS/c1-3-15-46(16-4-1)53-23-13-17-48-18-14-24-54(61(48)53)47-29-33-50(34-30-47)63(51-35-31-49(32-36-51)62-40-43-37-44(41-62)39-45(38-43)42-62)57-25-9-12-28-60(57)64(52-19-5-2-6-20-52)58-26-10-7-21-55(58)56-22-8-11-27-59(56)64/h1-36,43-45H,37-42H2. The molecule has 14 rings (SSSR count). The summed E-state index contributed by atoms with van der Waals surface area (Å²) in [4.78, 5) is 8.11. The number of anilines is 3. The van der Waals surface area contributed by atoms with Crippen LogP contribution in [0.5, 0.6) is 0 Å². The van der Waals surface area contributed by atoms with E-state index in [1.807, 2.05) is 0 Å². The molecule has 4 saturated carbocycles. The topological polar surface area (TPSA) is 3.24 Å².